The van der Waals surface area contributed by atoms with Crippen molar-refractivity contribution in [2.75, 3.05) is 14.2 Å². The summed E-state index contributed by atoms with van der Waals surface area (Å²) in [6.45, 7) is 1.29. The number of alkyl halides is 3. The van der Waals surface area contributed by atoms with Crippen LogP contribution in [0.25, 0.3) is 6.08 Å². The van der Waals surface area contributed by atoms with E-state index in [1.54, 1.807) is 0 Å². The van der Waals surface area contributed by atoms with E-state index in [0.29, 0.717) is 5.56 Å². The van der Waals surface area contributed by atoms with Crippen molar-refractivity contribution < 1.29 is 32.2 Å². The molecule has 0 fully saturated rings. The predicted octanol–water partition coefficient (Wildman–Crippen LogP) is 3.38. The summed E-state index contributed by atoms with van der Waals surface area (Å²) in [5, 5.41) is 0. The normalized spacial score (nSPS) is 10.9. The number of ether oxygens (including phenoxy) is 2. The highest BCUT2D eigenvalue weighted by Crippen LogP contribution is 2.29. The maximum Gasteiger partial charge on any atom is 0.416 e. The van der Waals surface area contributed by atoms with Crippen LogP contribution in [-0.2, 0) is 25.2 Å². The van der Waals surface area contributed by atoms with Crippen molar-refractivity contribution >= 4 is 18.0 Å². The molecule has 0 aliphatic rings. The standard InChI is InChI=1S/C17H15F3O4/c1-16(14(21)23-2,15(22)24-3)11-5-4-6-12-7-9-13(10-8-12)17(18,19)20/h6-11H,1-3H3. The van der Waals surface area contributed by atoms with Gasteiger partial charge < -0.3 is 9.47 Å². The summed E-state index contributed by atoms with van der Waals surface area (Å²) >= 11 is 0. The van der Waals surface area contributed by atoms with Gasteiger partial charge >= 0.3 is 18.1 Å². The Morgan fingerprint density at radius 1 is 1.00 bits per heavy atom. The van der Waals surface area contributed by atoms with Gasteiger partial charge in [-0.2, -0.15) is 13.2 Å². The first-order valence-electron chi connectivity index (χ1n) is 6.68. The molecule has 0 saturated carbocycles. The third-order valence-corrected chi connectivity index (χ3v) is 3.14. The Morgan fingerprint density at radius 3 is 1.92 bits per heavy atom. The Kier molecular flexibility index (Phi) is 6.18. The van der Waals surface area contributed by atoms with Crippen LogP contribution in [0.2, 0.25) is 0 Å². The predicted molar refractivity (Wildman–Crippen MR) is 79.6 cm³/mol. The second kappa shape index (κ2) is 7.68. The van der Waals surface area contributed by atoms with Crippen LogP contribution in [0.15, 0.2) is 41.8 Å². The molecule has 0 aliphatic carbocycles. The number of carbonyl (C=O) groups excluding carboxylic acids is 2. The Hall–Kier alpha value is -2.75. The minimum Gasteiger partial charge on any atom is -0.468 e. The van der Waals surface area contributed by atoms with Crippen molar-refractivity contribution in [3.05, 3.63) is 52.9 Å². The van der Waals surface area contributed by atoms with Gasteiger partial charge in [0.2, 0.25) is 0 Å². The van der Waals surface area contributed by atoms with E-state index in [2.05, 4.69) is 20.9 Å². The van der Waals surface area contributed by atoms with E-state index in [1.807, 2.05) is 0 Å². The van der Waals surface area contributed by atoms with E-state index in [0.717, 1.165) is 32.4 Å². The molecular formula is C17H15F3O4. The summed E-state index contributed by atoms with van der Waals surface area (Å²) < 4.78 is 46.4. The van der Waals surface area contributed by atoms with Crippen LogP contribution in [0, 0.1) is 5.41 Å². The van der Waals surface area contributed by atoms with Crippen LogP contribution in [0.5, 0.6) is 0 Å². The highest BCUT2D eigenvalue weighted by Gasteiger charge is 2.41. The lowest BCUT2D eigenvalue weighted by Gasteiger charge is -2.18. The molecule has 0 aromatic heterocycles. The molecule has 0 bridgehead atoms. The Bertz CT molecular complexity index is 688. The molecule has 128 valence electrons. The van der Waals surface area contributed by atoms with Gasteiger partial charge in [-0.05, 0) is 36.8 Å². The van der Waals surface area contributed by atoms with Gasteiger partial charge in [-0.1, -0.05) is 23.6 Å². The molecular weight excluding hydrogens is 325 g/mol. The fraction of sp³-hybridized carbons (Fsp3) is 0.294. The molecule has 1 rings (SSSR count). The van der Waals surface area contributed by atoms with E-state index in [-0.39, 0.29) is 0 Å². The van der Waals surface area contributed by atoms with Crippen LogP contribution >= 0.6 is 0 Å². The summed E-state index contributed by atoms with van der Waals surface area (Å²) in [6, 6.07) is 4.39. The number of carbonyl (C=O) groups is 2. The number of rotatable bonds is 4. The molecule has 0 saturated heterocycles. The van der Waals surface area contributed by atoms with Gasteiger partial charge in [-0.15, -0.1) is 0 Å². The maximum atomic E-state index is 12.4. The van der Waals surface area contributed by atoms with Crippen LogP contribution < -0.4 is 0 Å². The third-order valence-electron chi connectivity index (χ3n) is 3.14. The molecule has 1 aromatic carbocycles. The van der Waals surface area contributed by atoms with Gasteiger partial charge in [0.05, 0.1) is 19.8 Å². The van der Waals surface area contributed by atoms with Crippen molar-refractivity contribution in [1.29, 1.82) is 0 Å². The van der Waals surface area contributed by atoms with Crippen molar-refractivity contribution in [3.8, 4) is 0 Å². The van der Waals surface area contributed by atoms with E-state index >= 15 is 0 Å². The average Bonchev–Trinajstić information content (AvgIpc) is 2.56. The zero-order chi connectivity index (χ0) is 18.4. The van der Waals surface area contributed by atoms with Crippen molar-refractivity contribution in [1.82, 2.24) is 0 Å². The lowest BCUT2D eigenvalue weighted by Crippen LogP contribution is -2.36. The van der Waals surface area contributed by atoms with Gasteiger partial charge in [-0.25, -0.2) is 0 Å². The van der Waals surface area contributed by atoms with Crippen LogP contribution in [0.3, 0.4) is 0 Å². The lowest BCUT2D eigenvalue weighted by atomic mass is 9.91. The van der Waals surface area contributed by atoms with E-state index in [9.17, 15) is 22.8 Å². The van der Waals surface area contributed by atoms with Gasteiger partial charge in [0.1, 0.15) is 0 Å². The number of benzene rings is 1. The smallest absolute Gasteiger partial charge is 0.416 e. The molecule has 7 heteroatoms. The number of hydrogen-bond acceptors (Lipinski definition) is 4. The minimum absolute atomic E-state index is 0.446. The zero-order valence-corrected chi connectivity index (χ0v) is 13.2. The Labute approximate surface area is 136 Å². The van der Waals surface area contributed by atoms with E-state index < -0.39 is 29.1 Å². The van der Waals surface area contributed by atoms with Gasteiger partial charge in [0, 0.05) is 0 Å². The highest BCUT2D eigenvalue weighted by atomic mass is 19.4. The fourth-order valence-electron chi connectivity index (χ4n) is 1.70. The van der Waals surface area contributed by atoms with Crippen molar-refractivity contribution in [3.63, 3.8) is 0 Å². The first-order valence-corrected chi connectivity index (χ1v) is 6.68. The molecule has 1 aromatic rings. The molecule has 0 heterocycles. The number of hydrogen-bond donors (Lipinski definition) is 0. The monoisotopic (exact) mass is 340 g/mol. The summed E-state index contributed by atoms with van der Waals surface area (Å²) in [7, 11) is 2.25. The molecule has 0 N–H and O–H groups in total. The number of methoxy groups -OCH3 is 2. The van der Waals surface area contributed by atoms with Crippen molar-refractivity contribution in [2.45, 2.75) is 13.1 Å². The number of esters is 2. The largest absolute Gasteiger partial charge is 0.468 e. The summed E-state index contributed by atoms with van der Waals surface area (Å²) in [4.78, 5) is 23.4. The molecule has 4 nitrogen and oxygen atoms in total. The maximum absolute atomic E-state index is 12.4. The lowest BCUT2D eigenvalue weighted by molar-refractivity contribution is -0.163. The molecule has 0 atom stereocenters. The fourth-order valence-corrected chi connectivity index (χ4v) is 1.70. The quantitative estimate of drug-likeness (QED) is 0.479. The minimum atomic E-state index is -4.40. The Morgan fingerprint density at radius 2 is 1.50 bits per heavy atom. The first-order chi connectivity index (χ1) is 11.1. The second-order valence-corrected chi connectivity index (χ2v) is 4.88. The molecule has 0 amide bonds. The van der Waals surface area contributed by atoms with Gasteiger partial charge in [0.15, 0.2) is 5.41 Å². The topological polar surface area (TPSA) is 52.6 Å². The summed E-state index contributed by atoms with van der Waals surface area (Å²) in [5.74, 6) is -1.67. The zero-order valence-electron chi connectivity index (χ0n) is 13.2. The van der Waals surface area contributed by atoms with Gasteiger partial charge in [-0.3, -0.25) is 9.59 Å². The van der Waals surface area contributed by atoms with Crippen LogP contribution in [-0.4, -0.2) is 26.2 Å². The highest BCUT2D eigenvalue weighted by molar-refractivity contribution is 6.01. The average molecular weight is 340 g/mol. The number of halogens is 3. The van der Waals surface area contributed by atoms with Crippen molar-refractivity contribution in [2.24, 2.45) is 5.41 Å². The SMILES string of the molecule is COC(=O)C(C)(C=C=C=Cc1ccc(C(F)(F)F)cc1)C(=O)OC. The molecule has 0 spiro atoms. The third kappa shape index (κ3) is 4.62. The van der Waals surface area contributed by atoms with Crippen LogP contribution in [0.1, 0.15) is 18.1 Å². The molecule has 0 radical (unpaired) electrons. The summed E-state index contributed by atoms with van der Waals surface area (Å²) in [5.41, 5.74) is 3.04. The second-order valence-electron chi connectivity index (χ2n) is 4.88. The van der Waals surface area contributed by atoms with E-state index in [1.165, 1.54) is 25.1 Å². The molecule has 0 aliphatic heterocycles. The Balaban J connectivity index is 3.08. The molecule has 0 unspecified atom stereocenters. The molecule has 24 heavy (non-hydrogen) atoms. The van der Waals surface area contributed by atoms with E-state index in [4.69, 9.17) is 0 Å². The first kappa shape index (κ1) is 19.3. The summed E-state index contributed by atoms with van der Waals surface area (Å²) in [6.07, 6.45) is -1.93. The van der Waals surface area contributed by atoms with Gasteiger partial charge in [0.25, 0.3) is 0 Å². The van der Waals surface area contributed by atoms with Crippen LogP contribution in [0.4, 0.5) is 13.2 Å².